The highest BCUT2D eigenvalue weighted by Gasteiger charge is 2.18. The third-order valence-corrected chi connectivity index (χ3v) is 2.94. The molecule has 0 heterocycles. The maximum absolute atomic E-state index is 11.0. The van der Waals surface area contributed by atoms with Crippen molar-refractivity contribution < 1.29 is 14.8 Å². The van der Waals surface area contributed by atoms with Crippen LogP contribution in [-0.2, 0) is 0 Å². The minimum atomic E-state index is -0.746. The zero-order valence-corrected chi connectivity index (χ0v) is 11.4. The molecule has 2 aromatic carbocycles. The fourth-order valence-corrected chi connectivity index (χ4v) is 1.92. The van der Waals surface area contributed by atoms with E-state index >= 15 is 0 Å². The van der Waals surface area contributed by atoms with Crippen molar-refractivity contribution in [2.75, 3.05) is 0 Å². The van der Waals surface area contributed by atoms with Crippen molar-refractivity contribution in [3.8, 4) is 11.5 Å². The van der Waals surface area contributed by atoms with E-state index in [0.29, 0.717) is 16.3 Å². The van der Waals surface area contributed by atoms with Crippen molar-refractivity contribution in [2.45, 2.75) is 13.0 Å². The molecule has 1 atom stereocenters. The molecular formula is C14H12ClNO4. The summed E-state index contributed by atoms with van der Waals surface area (Å²) < 4.78 is 5.56. The van der Waals surface area contributed by atoms with Gasteiger partial charge in [0.1, 0.15) is 5.75 Å². The van der Waals surface area contributed by atoms with Gasteiger partial charge in [-0.05, 0) is 19.1 Å². The number of nitro benzene ring substituents is 1. The molecule has 0 fully saturated rings. The largest absolute Gasteiger partial charge is 0.450 e. The van der Waals surface area contributed by atoms with Gasteiger partial charge in [0.25, 0.3) is 0 Å². The van der Waals surface area contributed by atoms with Crippen LogP contribution in [0, 0.1) is 10.1 Å². The van der Waals surface area contributed by atoms with E-state index in [2.05, 4.69) is 0 Å². The van der Waals surface area contributed by atoms with Crippen LogP contribution in [0.1, 0.15) is 18.6 Å². The maximum atomic E-state index is 11.0. The Bertz CT molecular complexity index is 643. The van der Waals surface area contributed by atoms with Crippen molar-refractivity contribution >= 4 is 17.3 Å². The van der Waals surface area contributed by atoms with Gasteiger partial charge in [0.2, 0.25) is 5.75 Å². The molecule has 0 aliphatic rings. The first-order chi connectivity index (χ1) is 9.49. The third kappa shape index (κ3) is 3.07. The minimum Gasteiger partial charge on any atom is -0.450 e. The molecule has 0 radical (unpaired) electrons. The summed E-state index contributed by atoms with van der Waals surface area (Å²) in [7, 11) is 0. The second-order valence-corrected chi connectivity index (χ2v) is 4.62. The molecule has 0 saturated heterocycles. The predicted octanol–water partition coefficient (Wildman–Crippen LogP) is 4.09. The quantitative estimate of drug-likeness (QED) is 0.680. The van der Waals surface area contributed by atoms with Crippen LogP contribution in [0.2, 0.25) is 5.02 Å². The van der Waals surface area contributed by atoms with Gasteiger partial charge < -0.3 is 9.84 Å². The SMILES string of the molecule is CC(O)c1ccccc1Oc1cc(Cl)ccc1[N+](=O)[O-]. The highest BCUT2D eigenvalue weighted by Crippen LogP contribution is 2.36. The van der Waals surface area contributed by atoms with Gasteiger partial charge in [-0.15, -0.1) is 0 Å². The highest BCUT2D eigenvalue weighted by atomic mass is 35.5. The number of benzene rings is 2. The molecule has 5 nitrogen and oxygen atoms in total. The smallest absolute Gasteiger partial charge is 0.311 e. The molecular weight excluding hydrogens is 282 g/mol. The fourth-order valence-electron chi connectivity index (χ4n) is 1.76. The Hall–Kier alpha value is -2.11. The summed E-state index contributed by atoms with van der Waals surface area (Å²) in [6.45, 7) is 1.59. The summed E-state index contributed by atoms with van der Waals surface area (Å²) in [6.07, 6.45) is -0.746. The van der Waals surface area contributed by atoms with Gasteiger partial charge in [0.15, 0.2) is 0 Å². The second-order valence-electron chi connectivity index (χ2n) is 4.19. The molecule has 0 spiro atoms. The molecule has 0 aliphatic heterocycles. The van der Waals surface area contributed by atoms with Gasteiger partial charge in [-0.2, -0.15) is 0 Å². The third-order valence-electron chi connectivity index (χ3n) is 2.71. The lowest BCUT2D eigenvalue weighted by Crippen LogP contribution is -1.98. The Morgan fingerprint density at radius 3 is 2.60 bits per heavy atom. The van der Waals surface area contributed by atoms with Crippen LogP contribution >= 0.6 is 11.6 Å². The Morgan fingerprint density at radius 1 is 1.25 bits per heavy atom. The van der Waals surface area contributed by atoms with E-state index in [9.17, 15) is 15.2 Å². The van der Waals surface area contributed by atoms with Crippen molar-refractivity contribution in [1.82, 2.24) is 0 Å². The lowest BCUT2D eigenvalue weighted by molar-refractivity contribution is -0.385. The zero-order valence-electron chi connectivity index (χ0n) is 10.6. The first kappa shape index (κ1) is 14.3. The lowest BCUT2D eigenvalue weighted by atomic mass is 10.1. The van der Waals surface area contributed by atoms with Crippen molar-refractivity contribution in [3.05, 3.63) is 63.2 Å². The van der Waals surface area contributed by atoms with E-state index in [0.717, 1.165) is 0 Å². The van der Waals surface area contributed by atoms with E-state index < -0.39 is 11.0 Å². The number of hydrogen-bond donors (Lipinski definition) is 1. The topological polar surface area (TPSA) is 72.6 Å². The number of ether oxygens (including phenoxy) is 1. The summed E-state index contributed by atoms with van der Waals surface area (Å²) in [6, 6.07) is 10.9. The summed E-state index contributed by atoms with van der Waals surface area (Å²) >= 11 is 5.84. The summed E-state index contributed by atoms with van der Waals surface area (Å²) in [5.41, 5.74) is 0.358. The molecule has 1 N–H and O–H groups in total. The number of aliphatic hydroxyl groups excluding tert-OH is 1. The molecule has 0 aromatic heterocycles. The number of para-hydroxylation sites is 1. The molecule has 0 amide bonds. The normalized spacial score (nSPS) is 11.9. The van der Waals surface area contributed by atoms with Crippen molar-refractivity contribution in [1.29, 1.82) is 0 Å². The number of nitro groups is 1. The molecule has 0 aliphatic carbocycles. The van der Waals surface area contributed by atoms with E-state index in [1.807, 2.05) is 0 Å². The highest BCUT2D eigenvalue weighted by molar-refractivity contribution is 6.30. The summed E-state index contributed by atoms with van der Waals surface area (Å²) in [5, 5.41) is 21.0. The Kier molecular flexibility index (Phi) is 4.22. The molecule has 20 heavy (non-hydrogen) atoms. The Morgan fingerprint density at radius 2 is 1.95 bits per heavy atom. The van der Waals surface area contributed by atoms with E-state index in [4.69, 9.17) is 16.3 Å². The van der Waals surface area contributed by atoms with Gasteiger partial charge in [-0.3, -0.25) is 10.1 Å². The van der Waals surface area contributed by atoms with E-state index in [1.54, 1.807) is 31.2 Å². The average molecular weight is 294 g/mol. The predicted molar refractivity (Wildman–Crippen MR) is 75.3 cm³/mol. The van der Waals surface area contributed by atoms with Crippen LogP contribution in [0.4, 0.5) is 5.69 Å². The standard InChI is InChI=1S/C14H12ClNO4/c1-9(17)11-4-2-3-5-13(11)20-14-8-10(15)6-7-12(14)16(18)19/h2-9,17H,1H3. The molecule has 2 aromatic rings. The minimum absolute atomic E-state index is 0.0376. The van der Waals surface area contributed by atoms with Gasteiger partial charge >= 0.3 is 5.69 Å². The second kappa shape index (κ2) is 5.90. The van der Waals surface area contributed by atoms with Gasteiger partial charge in [0.05, 0.1) is 11.0 Å². The molecule has 2 rings (SSSR count). The Balaban J connectivity index is 2.45. The van der Waals surface area contributed by atoms with Crippen LogP contribution < -0.4 is 4.74 Å². The molecule has 0 bridgehead atoms. The van der Waals surface area contributed by atoms with Crippen molar-refractivity contribution in [2.24, 2.45) is 0 Å². The van der Waals surface area contributed by atoms with Crippen LogP contribution in [0.25, 0.3) is 0 Å². The first-order valence-corrected chi connectivity index (χ1v) is 6.25. The average Bonchev–Trinajstić information content (AvgIpc) is 2.38. The van der Waals surface area contributed by atoms with Gasteiger partial charge in [0, 0.05) is 22.7 Å². The van der Waals surface area contributed by atoms with Crippen LogP contribution in [0.5, 0.6) is 11.5 Å². The van der Waals surface area contributed by atoms with E-state index in [1.165, 1.54) is 18.2 Å². The number of halogens is 1. The molecule has 0 saturated carbocycles. The maximum Gasteiger partial charge on any atom is 0.311 e. The number of hydrogen-bond acceptors (Lipinski definition) is 4. The Labute approximate surface area is 120 Å². The van der Waals surface area contributed by atoms with E-state index in [-0.39, 0.29) is 11.4 Å². The van der Waals surface area contributed by atoms with Gasteiger partial charge in [-0.25, -0.2) is 0 Å². The van der Waals surface area contributed by atoms with Crippen LogP contribution in [0.15, 0.2) is 42.5 Å². The van der Waals surface area contributed by atoms with Crippen LogP contribution in [-0.4, -0.2) is 10.0 Å². The van der Waals surface area contributed by atoms with Gasteiger partial charge in [-0.1, -0.05) is 29.8 Å². The molecule has 104 valence electrons. The molecule has 6 heteroatoms. The molecule has 1 unspecified atom stereocenters. The lowest BCUT2D eigenvalue weighted by Gasteiger charge is -2.13. The first-order valence-electron chi connectivity index (χ1n) is 5.88. The number of nitrogens with zero attached hydrogens (tertiary/aromatic N) is 1. The summed E-state index contributed by atoms with van der Waals surface area (Å²) in [4.78, 5) is 10.4. The van der Waals surface area contributed by atoms with Crippen molar-refractivity contribution in [3.63, 3.8) is 0 Å². The summed E-state index contributed by atoms with van der Waals surface area (Å²) in [5.74, 6) is 0.392. The number of rotatable bonds is 4. The monoisotopic (exact) mass is 293 g/mol. The fraction of sp³-hybridized carbons (Fsp3) is 0.143. The zero-order chi connectivity index (χ0) is 14.7. The van der Waals surface area contributed by atoms with Crippen LogP contribution in [0.3, 0.4) is 0 Å². The number of aliphatic hydroxyl groups is 1.